The van der Waals surface area contributed by atoms with Gasteiger partial charge in [0, 0.05) is 52.4 Å². The van der Waals surface area contributed by atoms with Gasteiger partial charge in [0.05, 0.1) is 43.0 Å². The third kappa shape index (κ3) is 7.45. The summed E-state index contributed by atoms with van der Waals surface area (Å²) in [4.78, 5) is 90.8. The number of urea groups is 2. The topological polar surface area (TPSA) is 264 Å². The fourth-order valence-electron chi connectivity index (χ4n) is 7.66. The molecule has 310 valence electrons. The van der Waals surface area contributed by atoms with E-state index >= 15 is 0 Å². The molecule has 6 aromatic rings. The van der Waals surface area contributed by atoms with Gasteiger partial charge in [-0.05, 0) is 49.2 Å². The first kappa shape index (κ1) is 38.5. The van der Waals surface area contributed by atoms with Crippen molar-refractivity contribution in [2.24, 2.45) is 0 Å². The van der Waals surface area contributed by atoms with Crippen LogP contribution in [0.2, 0.25) is 0 Å². The maximum atomic E-state index is 13.2. The quantitative estimate of drug-likeness (QED) is 0.196. The van der Waals surface area contributed by atoms with Crippen LogP contribution in [0.3, 0.4) is 0 Å². The number of amides is 4. The van der Waals surface area contributed by atoms with Gasteiger partial charge in [-0.3, -0.25) is 20.4 Å². The zero-order valence-electron chi connectivity index (χ0n) is 32.8. The molecule has 4 aliphatic heterocycles. The van der Waals surface area contributed by atoms with Crippen LogP contribution in [0.25, 0.3) is 22.9 Å². The molecule has 0 aromatic carbocycles. The second kappa shape index (κ2) is 15.6. The molecular weight excluding hydrogens is 793 g/mol. The zero-order valence-corrected chi connectivity index (χ0v) is 32.8. The number of esters is 1. The predicted molar refractivity (Wildman–Crippen MR) is 216 cm³/mol. The first-order valence-electron chi connectivity index (χ1n) is 19.1. The van der Waals surface area contributed by atoms with Gasteiger partial charge in [0.2, 0.25) is 11.9 Å². The Hall–Kier alpha value is -8.04. The lowest BCUT2D eigenvalue weighted by atomic mass is 10.2. The Labute approximate surface area is 345 Å². The van der Waals surface area contributed by atoms with E-state index in [1.54, 1.807) is 61.5 Å². The fraction of sp³-hybridized carbons (Fsp3) is 0.282. The molecule has 2 atom stereocenters. The number of aryl methyl sites for hydroxylation is 2. The molecule has 10 heterocycles. The number of oxazole rings is 2. The number of hydrogen-bond acceptors (Lipinski definition) is 17. The Morgan fingerprint density at radius 1 is 0.672 bits per heavy atom. The van der Waals surface area contributed by atoms with Crippen molar-refractivity contribution in [2.75, 3.05) is 63.5 Å². The van der Waals surface area contributed by atoms with Gasteiger partial charge >= 0.3 is 24.0 Å². The van der Waals surface area contributed by atoms with Crippen LogP contribution in [0.15, 0.2) is 70.0 Å². The van der Waals surface area contributed by atoms with Crippen LogP contribution in [0.4, 0.5) is 44.5 Å². The lowest BCUT2D eigenvalue weighted by Gasteiger charge is -2.35. The molecule has 2 saturated heterocycles. The van der Waals surface area contributed by atoms with Crippen molar-refractivity contribution in [3.8, 4) is 22.9 Å². The van der Waals surface area contributed by atoms with E-state index in [9.17, 15) is 24.3 Å². The monoisotopic (exact) mass is 828 g/mol. The lowest BCUT2D eigenvalue weighted by molar-refractivity contribution is 0.0593. The summed E-state index contributed by atoms with van der Waals surface area (Å²) in [5.41, 5.74) is 2.54. The summed E-state index contributed by atoms with van der Waals surface area (Å²) >= 11 is 0. The van der Waals surface area contributed by atoms with Crippen LogP contribution >= 0.6 is 0 Å². The van der Waals surface area contributed by atoms with E-state index in [1.165, 1.54) is 30.5 Å². The molecule has 4 amide bonds. The SMILES string of the molecule is COC(=O)c1ccc2c(n1)N(C(=O)Nc1nccc(-c3cnc(C)o3)n1)[C@H]1CCN2C1.Cc1ncc(-c2ccnc(NC(=O)N3c4nc(C(=O)O)ccc4N4CC[C@H]3C4)n2)o1. The molecule has 61 heavy (non-hydrogen) atoms. The minimum Gasteiger partial charge on any atom is -0.477 e. The number of carboxylic acid groups (broad SMARTS) is 1. The van der Waals surface area contributed by atoms with E-state index in [0.29, 0.717) is 59.4 Å². The third-order valence-corrected chi connectivity index (χ3v) is 10.5. The number of nitrogens with zero attached hydrogens (tertiary/aromatic N) is 12. The van der Waals surface area contributed by atoms with Crippen LogP contribution in [-0.2, 0) is 4.74 Å². The molecule has 22 heteroatoms. The van der Waals surface area contributed by atoms with Crippen molar-refractivity contribution < 1.29 is 37.9 Å². The van der Waals surface area contributed by atoms with Gasteiger partial charge in [0.15, 0.2) is 46.3 Å². The molecule has 22 nitrogen and oxygen atoms in total. The molecule has 2 fully saturated rings. The lowest BCUT2D eigenvalue weighted by Crippen LogP contribution is -2.48. The summed E-state index contributed by atoms with van der Waals surface area (Å²) in [6, 6.07) is 8.77. The summed E-state index contributed by atoms with van der Waals surface area (Å²) in [7, 11) is 1.29. The van der Waals surface area contributed by atoms with Crippen LogP contribution in [0, 0.1) is 13.8 Å². The highest BCUT2D eigenvalue weighted by Gasteiger charge is 2.42. The molecule has 0 saturated carbocycles. The first-order valence-corrected chi connectivity index (χ1v) is 19.1. The van der Waals surface area contributed by atoms with Gasteiger partial charge in [0.1, 0.15) is 11.4 Å². The summed E-state index contributed by atoms with van der Waals surface area (Å²) < 4.78 is 15.7. The average Bonchev–Trinajstić information content (AvgIpc) is 4.09. The molecule has 10 rings (SSSR count). The number of methoxy groups -OCH3 is 1. The zero-order chi connectivity index (χ0) is 42.4. The summed E-state index contributed by atoms with van der Waals surface area (Å²) in [5.74, 6) is 1.22. The van der Waals surface area contributed by atoms with Crippen molar-refractivity contribution >= 4 is 58.9 Å². The number of carbonyl (C=O) groups is 4. The number of ether oxygens (including phenoxy) is 1. The molecule has 6 aromatic heterocycles. The summed E-state index contributed by atoms with van der Waals surface area (Å²) in [6.07, 6.45) is 7.70. The minimum atomic E-state index is -1.15. The second-order valence-corrected chi connectivity index (χ2v) is 14.3. The second-order valence-electron chi connectivity index (χ2n) is 14.3. The smallest absolute Gasteiger partial charge is 0.356 e. The van der Waals surface area contributed by atoms with Gasteiger partial charge in [-0.15, -0.1) is 0 Å². The fourth-order valence-corrected chi connectivity index (χ4v) is 7.66. The number of aromatic carboxylic acids is 1. The first-order chi connectivity index (χ1) is 29.5. The number of aromatic nitrogens is 8. The summed E-state index contributed by atoms with van der Waals surface area (Å²) in [5, 5.41) is 14.7. The normalized spacial score (nSPS) is 16.9. The van der Waals surface area contributed by atoms with Crippen molar-refractivity contribution in [3.63, 3.8) is 0 Å². The highest BCUT2D eigenvalue weighted by Crippen LogP contribution is 2.40. The van der Waals surface area contributed by atoms with E-state index in [1.807, 2.05) is 0 Å². The van der Waals surface area contributed by atoms with Crippen molar-refractivity contribution in [1.29, 1.82) is 0 Å². The number of anilines is 6. The maximum Gasteiger partial charge on any atom is 0.356 e. The van der Waals surface area contributed by atoms with E-state index in [-0.39, 0.29) is 35.4 Å². The number of fused-ring (bicyclic) bond motifs is 8. The van der Waals surface area contributed by atoms with Crippen molar-refractivity contribution in [1.82, 2.24) is 39.9 Å². The van der Waals surface area contributed by atoms with Crippen molar-refractivity contribution in [3.05, 3.63) is 84.4 Å². The van der Waals surface area contributed by atoms with Crippen LogP contribution < -0.4 is 30.2 Å². The van der Waals surface area contributed by atoms with Gasteiger partial charge < -0.3 is 28.5 Å². The van der Waals surface area contributed by atoms with E-state index in [2.05, 4.69) is 60.3 Å². The Balaban J connectivity index is 0.000000156. The van der Waals surface area contributed by atoms with Gasteiger partial charge in [-0.2, -0.15) is 0 Å². The number of carboxylic acids is 1. The van der Waals surface area contributed by atoms with Gasteiger partial charge in [-0.1, -0.05) is 0 Å². The van der Waals surface area contributed by atoms with Gasteiger partial charge in [-0.25, -0.2) is 59.0 Å². The number of pyridine rings is 2. The Morgan fingerprint density at radius 3 is 1.59 bits per heavy atom. The van der Waals surface area contributed by atoms with Gasteiger partial charge in [0.25, 0.3) is 0 Å². The molecule has 4 aliphatic rings. The Kier molecular flexibility index (Phi) is 9.85. The molecule has 3 N–H and O–H groups in total. The van der Waals surface area contributed by atoms with Crippen molar-refractivity contribution in [2.45, 2.75) is 38.8 Å². The highest BCUT2D eigenvalue weighted by molar-refractivity contribution is 6.05. The maximum absolute atomic E-state index is 13.2. The number of carbonyl (C=O) groups excluding carboxylic acids is 3. The molecule has 4 bridgehead atoms. The van der Waals surface area contributed by atoms with Crippen LogP contribution in [0.1, 0.15) is 45.6 Å². The van der Waals surface area contributed by atoms with E-state index in [4.69, 9.17) is 13.6 Å². The highest BCUT2D eigenvalue weighted by atomic mass is 16.5. The standard InChI is InChI=1S/C20H19N7O4.C19H17N7O4/c1-11-22-9-16(31-11)13-5-7-21-19(24-13)25-20(29)27-12-6-8-26(10-12)15-4-3-14(18(28)30-2)23-17(15)27;1-10-21-8-15(30-10)12-4-6-20-18(23-12)24-19(29)26-11-5-7-25(9-11)14-3-2-13(17(27)28)22-16(14)26/h3-5,7,9,12H,6,8,10H2,1-2H3,(H,21,24,25,29);2-4,6,8,11H,5,7,9H2,1H3,(H,27,28)(H,20,23,24,29)/t12-;11-/m00/s1. The number of rotatable bonds is 6. The molecule has 0 radical (unpaired) electrons. The average molecular weight is 829 g/mol. The largest absolute Gasteiger partial charge is 0.477 e. The summed E-state index contributed by atoms with van der Waals surface area (Å²) in [6.45, 7) is 6.39. The number of nitrogens with one attached hydrogen (secondary N) is 2. The molecular formula is C39H36N14O8. The predicted octanol–water partition coefficient (Wildman–Crippen LogP) is 4.42. The Morgan fingerprint density at radius 2 is 1.15 bits per heavy atom. The molecule has 0 unspecified atom stereocenters. The minimum absolute atomic E-state index is 0.0759. The van der Waals surface area contributed by atoms with Crippen LogP contribution in [-0.4, -0.2) is 114 Å². The molecule has 0 aliphatic carbocycles. The van der Waals surface area contributed by atoms with E-state index < -0.39 is 24.0 Å². The number of hydrogen-bond donors (Lipinski definition) is 3. The van der Waals surface area contributed by atoms with Crippen LogP contribution in [0.5, 0.6) is 0 Å². The van der Waals surface area contributed by atoms with E-state index in [0.717, 1.165) is 37.3 Å². The third-order valence-electron chi connectivity index (χ3n) is 10.5. The molecule has 0 spiro atoms. The Bertz CT molecular complexity index is 2700.